The molecule has 0 aliphatic heterocycles. The van der Waals surface area contributed by atoms with E-state index in [-0.39, 0.29) is 0 Å². The Morgan fingerprint density at radius 3 is 3.13 bits per heavy atom. The SMILES string of the molecule is CSC1CCCC1NCc1nc[nH]c1C. The summed E-state index contributed by atoms with van der Waals surface area (Å²) in [6.45, 7) is 2.97. The van der Waals surface area contributed by atoms with Gasteiger partial charge in [0.15, 0.2) is 0 Å². The molecule has 15 heavy (non-hydrogen) atoms. The predicted octanol–water partition coefficient (Wildman–Crippen LogP) is 2.09. The first-order chi connectivity index (χ1) is 7.31. The van der Waals surface area contributed by atoms with Crippen LogP contribution in [0.2, 0.25) is 0 Å². The number of nitrogens with one attached hydrogen (secondary N) is 2. The lowest BCUT2D eigenvalue weighted by Gasteiger charge is -2.18. The van der Waals surface area contributed by atoms with Crippen molar-refractivity contribution in [3.05, 3.63) is 17.7 Å². The van der Waals surface area contributed by atoms with Gasteiger partial charge in [-0.25, -0.2) is 4.98 Å². The number of imidazole rings is 1. The van der Waals surface area contributed by atoms with Crippen molar-refractivity contribution in [3.8, 4) is 0 Å². The molecule has 1 aromatic heterocycles. The zero-order valence-electron chi connectivity index (χ0n) is 9.42. The molecule has 0 bridgehead atoms. The van der Waals surface area contributed by atoms with Gasteiger partial charge in [0.1, 0.15) is 0 Å². The standard InChI is InChI=1S/C11H19N3S/c1-8-10(14-7-13-8)6-12-9-4-3-5-11(9)15-2/h7,9,11-12H,3-6H2,1-2H3,(H,13,14). The molecule has 84 valence electrons. The van der Waals surface area contributed by atoms with Crippen LogP contribution in [-0.2, 0) is 6.54 Å². The van der Waals surface area contributed by atoms with Gasteiger partial charge in [-0.3, -0.25) is 0 Å². The third-order valence-corrected chi connectivity index (χ3v) is 4.39. The van der Waals surface area contributed by atoms with Crippen LogP contribution in [0.4, 0.5) is 0 Å². The number of nitrogens with zero attached hydrogens (tertiary/aromatic N) is 1. The van der Waals surface area contributed by atoms with E-state index >= 15 is 0 Å². The van der Waals surface area contributed by atoms with E-state index in [9.17, 15) is 0 Å². The fourth-order valence-corrected chi connectivity index (χ4v) is 3.20. The van der Waals surface area contributed by atoms with Crippen LogP contribution in [0.3, 0.4) is 0 Å². The number of rotatable bonds is 4. The van der Waals surface area contributed by atoms with Gasteiger partial charge >= 0.3 is 0 Å². The van der Waals surface area contributed by atoms with E-state index in [1.807, 2.05) is 11.8 Å². The van der Waals surface area contributed by atoms with Crippen LogP contribution in [-0.4, -0.2) is 27.5 Å². The van der Waals surface area contributed by atoms with Gasteiger partial charge in [0.25, 0.3) is 0 Å². The molecule has 0 radical (unpaired) electrons. The minimum atomic E-state index is 0.677. The van der Waals surface area contributed by atoms with Crippen molar-refractivity contribution in [3.63, 3.8) is 0 Å². The first-order valence-electron chi connectivity index (χ1n) is 5.56. The van der Waals surface area contributed by atoms with Crippen LogP contribution in [0.1, 0.15) is 30.7 Å². The van der Waals surface area contributed by atoms with Gasteiger partial charge in [-0.15, -0.1) is 0 Å². The molecule has 1 heterocycles. The van der Waals surface area contributed by atoms with Crippen molar-refractivity contribution in [2.45, 2.75) is 44.0 Å². The molecule has 0 saturated heterocycles. The van der Waals surface area contributed by atoms with Crippen molar-refractivity contribution < 1.29 is 0 Å². The smallest absolute Gasteiger partial charge is 0.0925 e. The Morgan fingerprint density at radius 2 is 2.47 bits per heavy atom. The molecule has 1 saturated carbocycles. The lowest BCUT2D eigenvalue weighted by atomic mass is 10.2. The number of aryl methyl sites for hydroxylation is 1. The number of H-pyrrole nitrogens is 1. The molecule has 1 aromatic rings. The quantitative estimate of drug-likeness (QED) is 0.824. The molecule has 1 aliphatic rings. The third-order valence-electron chi connectivity index (χ3n) is 3.22. The summed E-state index contributed by atoms with van der Waals surface area (Å²) in [5.41, 5.74) is 2.34. The Balaban J connectivity index is 1.85. The fourth-order valence-electron chi connectivity index (χ4n) is 2.23. The second kappa shape index (κ2) is 5.03. The monoisotopic (exact) mass is 225 g/mol. The summed E-state index contributed by atoms with van der Waals surface area (Å²) in [6, 6.07) is 0.677. The summed E-state index contributed by atoms with van der Waals surface area (Å²) in [4.78, 5) is 7.42. The third kappa shape index (κ3) is 2.55. The zero-order valence-corrected chi connectivity index (χ0v) is 10.2. The Labute approximate surface area is 95.4 Å². The van der Waals surface area contributed by atoms with Gasteiger partial charge in [-0.05, 0) is 26.0 Å². The highest BCUT2D eigenvalue weighted by molar-refractivity contribution is 7.99. The summed E-state index contributed by atoms with van der Waals surface area (Å²) in [7, 11) is 0. The summed E-state index contributed by atoms with van der Waals surface area (Å²) < 4.78 is 0. The number of thioether (sulfide) groups is 1. The summed E-state index contributed by atoms with van der Waals surface area (Å²) in [6.07, 6.45) is 8.02. The second-order valence-electron chi connectivity index (χ2n) is 4.17. The van der Waals surface area contributed by atoms with Gasteiger partial charge in [0.2, 0.25) is 0 Å². The average Bonchev–Trinajstić information content (AvgIpc) is 2.83. The summed E-state index contributed by atoms with van der Waals surface area (Å²) >= 11 is 1.99. The number of hydrogen-bond donors (Lipinski definition) is 2. The van der Waals surface area contributed by atoms with Crippen molar-refractivity contribution in [2.75, 3.05) is 6.26 Å². The summed E-state index contributed by atoms with van der Waals surface area (Å²) in [5, 5.41) is 4.42. The normalized spacial score (nSPS) is 26.0. The highest BCUT2D eigenvalue weighted by Crippen LogP contribution is 2.28. The van der Waals surface area contributed by atoms with Gasteiger partial charge in [-0.2, -0.15) is 11.8 Å². The molecule has 2 rings (SSSR count). The highest BCUT2D eigenvalue weighted by Gasteiger charge is 2.25. The lowest BCUT2D eigenvalue weighted by molar-refractivity contribution is 0.527. The van der Waals surface area contributed by atoms with E-state index in [0.717, 1.165) is 17.5 Å². The fraction of sp³-hybridized carbons (Fsp3) is 0.727. The zero-order chi connectivity index (χ0) is 10.7. The van der Waals surface area contributed by atoms with Crippen LogP contribution in [0.25, 0.3) is 0 Å². The van der Waals surface area contributed by atoms with Crippen LogP contribution >= 0.6 is 11.8 Å². The Kier molecular flexibility index (Phi) is 3.70. The highest BCUT2D eigenvalue weighted by atomic mass is 32.2. The molecular weight excluding hydrogens is 206 g/mol. The second-order valence-corrected chi connectivity index (χ2v) is 5.24. The maximum absolute atomic E-state index is 4.30. The molecule has 0 spiro atoms. The van der Waals surface area contributed by atoms with Gasteiger partial charge in [0, 0.05) is 23.5 Å². The molecule has 2 atom stereocenters. The molecule has 0 aromatic carbocycles. The van der Waals surface area contributed by atoms with Crippen LogP contribution < -0.4 is 5.32 Å². The van der Waals surface area contributed by atoms with Crippen LogP contribution in [0.5, 0.6) is 0 Å². The van der Waals surface area contributed by atoms with E-state index in [1.54, 1.807) is 6.33 Å². The molecule has 1 fully saturated rings. The first-order valence-corrected chi connectivity index (χ1v) is 6.85. The molecule has 1 aliphatic carbocycles. The van der Waals surface area contributed by atoms with E-state index in [0.29, 0.717) is 6.04 Å². The Morgan fingerprint density at radius 1 is 1.60 bits per heavy atom. The molecule has 0 amide bonds. The lowest BCUT2D eigenvalue weighted by Crippen LogP contribution is -2.33. The van der Waals surface area contributed by atoms with Gasteiger partial charge < -0.3 is 10.3 Å². The van der Waals surface area contributed by atoms with E-state index in [1.165, 1.54) is 25.0 Å². The minimum Gasteiger partial charge on any atom is -0.348 e. The van der Waals surface area contributed by atoms with Crippen molar-refractivity contribution in [2.24, 2.45) is 0 Å². The largest absolute Gasteiger partial charge is 0.348 e. The van der Waals surface area contributed by atoms with E-state index in [4.69, 9.17) is 0 Å². The molecule has 4 heteroatoms. The van der Waals surface area contributed by atoms with Crippen molar-refractivity contribution in [1.29, 1.82) is 0 Å². The van der Waals surface area contributed by atoms with Crippen molar-refractivity contribution in [1.82, 2.24) is 15.3 Å². The van der Waals surface area contributed by atoms with Crippen LogP contribution in [0, 0.1) is 6.92 Å². The number of aromatic nitrogens is 2. The van der Waals surface area contributed by atoms with Crippen LogP contribution in [0.15, 0.2) is 6.33 Å². The average molecular weight is 225 g/mol. The topological polar surface area (TPSA) is 40.7 Å². The molecule has 3 nitrogen and oxygen atoms in total. The van der Waals surface area contributed by atoms with Gasteiger partial charge in [0.05, 0.1) is 12.0 Å². The Hall–Kier alpha value is -0.480. The minimum absolute atomic E-state index is 0.677. The number of hydrogen-bond acceptors (Lipinski definition) is 3. The van der Waals surface area contributed by atoms with Crippen molar-refractivity contribution >= 4 is 11.8 Å². The maximum Gasteiger partial charge on any atom is 0.0925 e. The first kappa shape index (κ1) is 11.0. The predicted molar refractivity (Wildman–Crippen MR) is 65.1 cm³/mol. The number of aromatic amines is 1. The van der Waals surface area contributed by atoms with E-state index in [2.05, 4.69) is 28.5 Å². The molecular formula is C11H19N3S. The maximum atomic E-state index is 4.30. The van der Waals surface area contributed by atoms with Gasteiger partial charge in [-0.1, -0.05) is 6.42 Å². The summed E-state index contributed by atoms with van der Waals surface area (Å²) in [5.74, 6) is 0. The Bertz CT molecular complexity index is 311. The molecule has 2 N–H and O–H groups in total. The molecule has 2 unspecified atom stereocenters. The van der Waals surface area contributed by atoms with E-state index < -0.39 is 0 Å².